The van der Waals surface area contributed by atoms with Crippen LogP contribution < -0.4 is 9.47 Å². The standard InChI is InChI=1S/C30H42O2/c1-21(2)31-27-19-12-20-28(32-22(3)4)30(27)26-18-11-17-25(23-13-7-5-8-14-23)29(26)24-15-9-6-10-16-24/h11-12,17-24H,5-10,13-16H2,1-4H3. The van der Waals surface area contributed by atoms with E-state index in [4.69, 9.17) is 9.47 Å². The van der Waals surface area contributed by atoms with Crippen LogP contribution in [0.25, 0.3) is 11.1 Å². The maximum absolute atomic E-state index is 6.37. The van der Waals surface area contributed by atoms with Crippen molar-refractivity contribution in [1.29, 1.82) is 0 Å². The molecule has 0 heterocycles. The van der Waals surface area contributed by atoms with Crippen LogP contribution in [0.2, 0.25) is 0 Å². The molecule has 0 atom stereocenters. The van der Waals surface area contributed by atoms with Gasteiger partial charge in [0, 0.05) is 0 Å². The molecule has 0 saturated heterocycles. The molecular formula is C30H42O2. The maximum Gasteiger partial charge on any atom is 0.131 e. The molecule has 0 aliphatic heterocycles. The molecule has 2 heteroatoms. The first kappa shape index (κ1) is 23.2. The van der Waals surface area contributed by atoms with Gasteiger partial charge in [-0.2, -0.15) is 0 Å². The van der Waals surface area contributed by atoms with Gasteiger partial charge < -0.3 is 9.47 Å². The van der Waals surface area contributed by atoms with Gasteiger partial charge in [-0.15, -0.1) is 0 Å². The van der Waals surface area contributed by atoms with E-state index in [-0.39, 0.29) is 12.2 Å². The Morgan fingerprint density at radius 1 is 0.625 bits per heavy atom. The Morgan fingerprint density at radius 3 is 1.66 bits per heavy atom. The summed E-state index contributed by atoms with van der Waals surface area (Å²) in [6.45, 7) is 8.45. The molecule has 0 amide bonds. The van der Waals surface area contributed by atoms with Gasteiger partial charge >= 0.3 is 0 Å². The van der Waals surface area contributed by atoms with Crippen LogP contribution in [0.4, 0.5) is 0 Å². The molecule has 0 N–H and O–H groups in total. The molecule has 0 radical (unpaired) electrons. The molecule has 2 aromatic rings. The number of hydrogen-bond donors (Lipinski definition) is 0. The number of hydrogen-bond acceptors (Lipinski definition) is 2. The minimum atomic E-state index is 0.128. The highest BCUT2D eigenvalue weighted by atomic mass is 16.5. The molecular weight excluding hydrogens is 392 g/mol. The van der Waals surface area contributed by atoms with Gasteiger partial charge in [-0.1, -0.05) is 62.8 Å². The lowest BCUT2D eigenvalue weighted by atomic mass is 9.73. The number of ether oxygens (including phenoxy) is 2. The fourth-order valence-electron chi connectivity index (χ4n) is 5.90. The highest BCUT2D eigenvalue weighted by Crippen LogP contribution is 2.49. The molecule has 0 bridgehead atoms. The third-order valence-electron chi connectivity index (χ3n) is 7.18. The van der Waals surface area contributed by atoms with Crippen LogP contribution in [0.1, 0.15) is 115 Å². The summed E-state index contributed by atoms with van der Waals surface area (Å²) in [6, 6.07) is 13.4. The lowest BCUT2D eigenvalue weighted by Gasteiger charge is -2.32. The fraction of sp³-hybridized carbons (Fsp3) is 0.600. The molecule has 2 fully saturated rings. The van der Waals surface area contributed by atoms with E-state index in [1.165, 1.54) is 69.8 Å². The van der Waals surface area contributed by atoms with E-state index in [9.17, 15) is 0 Å². The minimum absolute atomic E-state index is 0.128. The molecule has 0 unspecified atom stereocenters. The zero-order valence-electron chi connectivity index (χ0n) is 20.7. The Balaban J connectivity index is 1.90. The summed E-state index contributed by atoms with van der Waals surface area (Å²) in [5.41, 5.74) is 5.73. The second kappa shape index (κ2) is 10.8. The van der Waals surface area contributed by atoms with Crippen LogP contribution in [-0.2, 0) is 0 Å². The Morgan fingerprint density at radius 2 is 1.12 bits per heavy atom. The summed E-state index contributed by atoms with van der Waals surface area (Å²) in [7, 11) is 0. The van der Waals surface area contributed by atoms with Gasteiger partial charge in [0.15, 0.2) is 0 Å². The van der Waals surface area contributed by atoms with Crippen molar-refractivity contribution in [1.82, 2.24) is 0 Å². The summed E-state index contributed by atoms with van der Waals surface area (Å²) in [5, 5.41) is 0. The lowest BCUT2D eigenvalue weighted by molar-refractivity contribution is 0.231. The second-order valence-electron chi connectivity index (χ2n) is 10.4. The first-order valence-corrected chi connectivity index (χ1v) is 13.1. The van der Waals surface area contributed by atoms with Crippen LogP contribution >= 0.6 is 0 Å². The molecule has 2 saturated carbocycles. The summed E-state index contributed by atoms with van der Waals surface area (Å²) in [4.78, 5) is 0. The van der Waals surface area contributed by atoms with Crippen molar-refractivity contribution in [2.24, 2.45) is 0 Å². The van der Waals surface area contributed by atoms with Gasteiger partial charge in [0.05, 0.1) is 17.8 Å². The summed E-state index contributed by atoms with van der Waals surface area (Å²) < 4.78 is 12.7. The monoisotopic (exact) mass is 434 g/mol. The molecule has 0 spiro atoms. The largest absolute Gasteiger partial charge is 0.490 e. The van der Waals surface area contributed by atoms with E-state index < -0.39 is 0 Å². The number of benzene rings is 2. The van der Waals surface area contributed by atoms with E-state index in [0.717, 1.165) is 17.1 Å². The Labute approximate surface area is 195 Å². The van der Waals surface area contributed by atoms with E-state index in [1.807, 2.05) is 0 Å². The Kier molecular flexibility index (Phi) is 7.81. The second-order valence-corrected chi connectivity index (χ2v) is 10.4. The molecule has 4 rings (SSSR count). The SMILES string of the molecule is CC(C)Oc1cccc(OC(C)C)c1-c1cccc(C2CCCCC2)c1C1CCCCC1. The minimum Gasteiger partial charge on any atom is -0.490 e. The van der Waals surface area contributed by atoms with Crippen molar-refractivity contribution in [2.75, 3.05) is 0 Å². The van der Waals surface area contributed by atoms with Gasteiger partial charge in [0.2, 0.25) is 0 Å². The average molecular weight is 435 g/mol. The third-order valence-corrected chi connectivity index (χ3v) is 7.18. The Hall–Kier alpha value is -1.96. The van der Waals surface area contributed by atoms with Gasteiger partial charge in [-0.25, -0.2) is 0 Å². The molecule has 174 valence electrons. The third kappa shape index (κ3) is 5.33. The van der Waals surface area contributed by atoms with Crippen molar-refractivity contribution >= 4 is 0 Å². The van der Waals surface area contributed by atoms with Gasteiger partial charge in [0.1, 0.15) is 11.5 Å². The van der Waals surface area contributed by atoms with Crippen LogP contribution in [0.15, 0.2) is 36.4 Å². The van der Waals surface area contributed by atoms with Crippen LogP contribution in [0, 0.1) is 0 Å². The molecule has 2 aliphatic carbocycles. The fourth-order valence-corrected chi connectivity index (χ4v) is 5.90. The van der Waals surface area contributed by atoms with E-state index >= 15 is 0 Å². The lowest BCUT2D eigenvalue weighted by Crippen LogP contribution is -2.15. The van der Waals surface area contributed by atoms with Crippen molar-refractivity contribution in [3.8, 4) is 22.6 Å². The first-order chi connectivity index (χ1) is 15.5. The van der Waals surface area contributed by atoms with Gasteiger partial charge in [-0.3, -0.25) is 0 Å². The molecule has 2 nitrogen and oxygen atoms in total. The van der Waals surface area contributed by atoms with Gasteiger partial charge in [0.25, 0.3) is 0 Å². The normalized spacial score (nSPS) is 18.3. The van der Waals surface area contributed by atoms with Crippen molar-refractivity contribution in [3.63, 3.8) is 0 Å². The molecule has 2 aromatic carbocycles. The topological polar surface area (TPSA) is 18.5 Å². The predicted octanol–water partition coefficient (Wildman–Crippen LogP) is 9.02. The van der Waals surface area contributed by atoms with E-state index in [2.05, 4.69) is 64.1 Å². The number of rotatable bonds is 7. The van der Waals surface area contributed by atoms with Crippen molar-refractivity contribution < 1.29 is 9.47 Å². The van der Waals surface area contributed by atoms with Gasteiger partial charge in [-0.05, 0) is 94.0 Å². The van der Waals surface area contributed by atoms with Crippen LogP contribution in [-0.4, -0.2) is 12.2 Å². The first-order valence-electron chi connectivity index (χ1n) is 13.1. The average Bonchev–Trinajstić information content (AvgIpc) is 2.79. The van der Waals surface area contributed by atoms with E-state index in [0.29, 0.717) is 11.8 Å². The Bertz CT molecular complexity index is 842. The van der Waals surface area contributed by atoms with Crippen LogP contribution in [0.5, 0.6) is 11.5 Å². The molecule has 32 heavy (non-hydrogen) atoms. The quantitative estimate of drug-likeness (QED) is 0.433. The summed E-state index contributed by atoms with van der Waals surface area (Å²) >= 11 is 0. The zero-order chi connectivity index (χ0) is 22.5. The molecule has 0 aromatic heterocycles. The smallest absolute Gasteiger partial charge is 0.131 e. The maximum atomic E-state index is 6.37. The van der Waals surface area contributed by atoms with Crippen molar-refractivity contribution in [2.45, 2.75) is 116 Å². The summed E-state index contributed by atoms with van der Waals surface area (Å²) in [5.74, 6) is 3.26. The predicted molar refractivity (Wildman–Crippen MR) is 135 cm³/mol. The van der Waals surface area contributed by atoms with E-state index in [1.54, 1.807) is 11.1 Å². The highest BCUT2D eigenvalue weighted by molar-refractivity contribution is 5.80. The van der Waals surface area contributed by atoms with Crippen molar-refractivity contribution in [3.05, 3.63) is 47.5 Å². The summed E-state index contributed by atoms with van der Waals surface area (Å²) in [6.07, 6.45) is 13.8. The zero-order valence-corrected chi connectivity index (χ0v) is 20.7. The molecule has 2 aliphatic rings. The highest BCUT2D eigenvalue weighted by Gasteiger charge is 2.29. The van der Waals surface area contributed by atoms with Crippen LogP contribution in [0.3, 0.4) is 0 Å².